The molecule has 1 atom stereocenters. The Bertz CT molecular complexity index is 1290. The van der Waals surface area contributed by atoms with Crippen LogP contribution in [0.4, 0.5) is 10.5 Å². The highest BCUT2D eigenvalue weighted by Crippen LogP contribution is 2.28. The molecule has 0 saturated carbocycles. The minimum Gasteiger partial charge on any atom is -0.481 e. The molecule has 2 N–H and O–H groups in total. The number of halogens is 1. The van der Waals surface area contributed by atoms with Gasteiger partial charge in [0.25, 0.3) is 5.91 Å². The second kappa shape index (κ2) is 13.4. The van der Waals surface area contributed by atoms with Crippen LogP contribution in [0.3, 0.4) is 0 Å². The highest BCUT2D eigenvalue weighted by Gasteiger charge is 2.34. The van der Waals surface area contributed by atoms with Gasteiger partial charge in [-0.2, -0.15) is 0 Å². The van der Waals surface area contributed by atoms with Gasteiger partial charge in [-0.1, -0.05) is 64.5 Å². The number of aliphatic hydroxyl groups excluding tert-OH is 1. The number of amides is 3. The number of aliphatic carboxylic acids is 1. The van der Waals surface area contributed by atoms with E-state index >= 15 is 0 Å². The Labute approximate surface area is 236 Å². The number of urea groups is 1. The summed E-state index contributed by atoms with van der Waals surface area (Å²) in [5.41, 5.74) is 2.83. The Balaban J connectivity index is 1.60. The van der Waals surface area contributed by atoms with E-state index in [-0.39, 0.29) is 44.0 Å². The van der Waals surface area contributed by atoms with Crippen molar-refractivity contribution in [3.63, 3.8) is 0 Å². The number of rotatable bonds is 11. The van der Waals surface area contributed by atoms with Crippen LogP contribution in [0.1, 0.15) is 34.3 Å². The Morgan fingerprint density at radius 2 is 1.64 bits per heavy atom. The Morgan fingerprint density at radius 3 is 2.33 bits per heavy atom. The maximum Gasteiger partial charge on any atom is 0.324 e. The average molecular weight is 595 g/mol. The van der Waals surface area contributed by atoms with Crippen molar-refractivity contribution in [3.05, 3.63) is 100 Å². The minimum atomic E-state index is -0.916. The molecular formula is C30H32BrN3O5. The quantitative estimate of drug-likeness (QED) is 0.325. The van der Waals surface area contributed by atoms with Crippen LogP contribution >= 0.6 is 15.9 Å². The summed E-state index contributed by atoms with van der Waals surface area (Å²) in [7, 11) is 0. The summed E-state index contributed by atoms with van der Waals surface area (Å²) in [5, 5.41) is 18.9. The van der Waals surface area contributed by atoms with Gasteiger partial charge < -0.3 is 20.0 Å². The Kier molecular flexibility index (Phi) is 9.73. The zero-order chi connectivity index (χ0) is 27.8. The van der Waals surface area contributed by atoms with Gasteiger partial charge >= 0.3 is 12.0 Å². The number of carbonyl (C=O) groups excluding carboxylic acids is 2. The number of hydrogen-bond acceptors (Lipinski definition) is 4. The summed E-state index contributed by atoms with van der Waals surface area (Å²) in [6.45, 7) is 1.51. The van der Waals surface area contributed by atoms with Crippen LogP contribution in [-0.4, -0.2) is 64.2 Å². The van der Waals surface area contributed by atoms with Crippen LogP contribution in [-0.2, 0) is 17.9 Å². The smallest absolute Gasteiger partial charge is 0.324 e. The number of nitrogens with zero attached hydrogens (tertiary/aromatic N) is 3. The molecule has 0 aliphatic carbocycles. The number of carboxylic acids is 1. The molecule has 0 spiro atoms. The average Bonchev–Trinajstić information content (AvgIpc) is 2.93. The van der Waals surface area contributed by atoms with E-state index in [9.17, 15) is 24.6 Å². The molecule has 3 aromatic carbocycles. The van der Waals surface area contributed by atoms with E-state index in [2.05, 4.69) is 15.9 Å². The fourth-order valence-electron chi connectivity index (χ4n) is 4.86. The lowest BCUT2D eigenvalue weighted by Gasteiger charge is -2.40. The van der Waals surface area contributed by atoms with Crippen molar-refractivity contribution in [2.24, 2.45) is 5.92 Å². The molecule has 0 aromatic heterocycles. The third-order valence-electron chi connectivity index (χ3n) is 6.72. The molecule has 3 amide bonds. The molecule has 39 heavy (non-hydrogen) atoms. The van der Waals surface area contributed by atoms with E-state index in [0.29, 0.717) is 42.9 Å². The van der Waals surface area contributed by atoms with Gasteiger partial charge in [-0.05, 0) is 47.9 Å². The molecule has 1 heterocycles. The molecule has 1 unspecified atom stereocenters. The molecule has 0 radical (unpaired) electrons. The van der Waals surface area contributed by atoms with Gasteiger partial charge in [-0.3, -0.25) is 14.5 Å². The van der Waals surface area contributed by atoms with Gasteiger partial charge in [-0.25, -0.2) is 4.79 Å². The first kappa shape index (κ1) is 28.3. The standard InChI is InChI=1S/C30H32BrN3O5/c31-25-11-13-26(14-12-25)34-20-23(17-28(36)37)19-33(30(34)39)21-24-9-4-5-10-27(24)29(38)32(15-6-16-35)18-22-7-2-1-3-8-22/h1-5,7-14,23,35H,6,15-21H2,(H,36,37). The Hall–Kier alpha value is -3.69. The van der Waals surface area contributed by atoms with Crippen LogP contribution < -0.4 is 4.90 Å². The van der Waals surface area contributed by atoms with Gasteiger partial charge in [0.2, 0.25) is 0 Å². The number of carboxylic acid groups (broad SMARTS) is 1. The molecule has 1 saturated heterocycles. The SMILES string of the molecule is O=C(O)CC1CN(Cc2ccccc2C(=O)N(CCCO)Cc2ccccc2)C(=O)N(c2ccc(Br)cc2)C1. The molecule has 0 bridgehead atoms. The Morgan fingerprint density at radius 1 is 0.949 bits per heavy atom. The first-order chi connectivity index (χ1) is 18.9. The number of carbonyl (C=O) groups is 3. The highest BCUT2D eigenvalue weighted by molar-refractivity contribution is 9.10. The van der Waals surface area contributed by atoms with Gasteiger partial charge in [0.1, 0.15) is 0 Å². The summed E-state index contributed by atoms with van der Waals surface area (Å²) in [6, 6.07) is 24.0. The largest absolute Gasteiger partial charge is 0.481 e. The number of aliphatic hydroxyl groups is 1. The fraction of sp³-hybridized carbons (Fsp3) is 0.300. The van der Waals surface area contributed by atoms with Crippen molar-refractivity contribution in [2.75, 3.05) is 31.1 Å². The van der Waals surface area contributed by atoms with Crippen molar-refractivity contribution < 1.29 is 24.6 Å². The molecule has 9 heteroatoms. The van der Waals surface area contributed by atoms with Gasteiger partial charge in [0, 0.05) is 61.0 Å². The van der Waals surface area contributed by atoms with Gasteiger partial charge in [0.05, 0.1) is 6.42 Å². The molecule has 1 fully saturated rings. The summed E-state index contributed by atoms with van der Waals surface area (Å²) in [6.07, 6.45) is 0.383. The van der Waals surface area contributed by atoms with Crippen molar-refractivity contribution in [1.82, 2.24) is 9.80 Å². The normalized spacial score (nSPS) is 15.3. The van der Waals surface area contributed by atoms with Gasteiger partial charge in [-0.15, -0.1) is 0 Å². The molecule has 8 nitrogen and oxygen atoms in total. The number of benzene rings is 3. The van der Waals surface area contributed by atoms with Crippen molar-refractivity contribution in [2.45, 2.75) is 25.9 Å². The predicted molar refractivity (Wildman–Crippen MR) is 152 cm³/mol. The van der Waals surface area contributed by atoms with Crippen LogP contribution in [0.2, 0.25) is 0 Å². The summed E-state index contributed by atoms with van der Waals surface area (Å²) >= 11 is 3.41. The minimum absolute atomic E-state index is 0.0284. The van der Waals surface area contributed by atoms with Crippen molar-refractivity contribution in [1.29, 1.82) is 0 Å². The summed E-state index contributed by atoms with van der Waals surface area (Å²) < 4.78 is 0.878. The zero-order valence-electron chi connectivity index (χ0n) is 21.6. The lowest BCUT2D eigenvalue weighted by Crippen LogP contribution is -2.53. The first-order valence-electron chi connectivity index (χ1n) is 12.9. The summed E-state index contributed by atoms with van der Waals surface area (Å²) in [5.74, 6) is -1.37. The lowest BCUT2D eigenvalue weighted by molar-refractivity contribution is -0.138. The number of hydrogen-bond donors (Lipinski definition) is 2. The maximum absolute atomic E-state index is 13.8. The van der Waals surface area contributed by atoms with Crippen molar-refractivity contribution >= 4 is 39.5 Å². The van der Waals surface area contributed by atoms with Crippen molar-refractivity contribution in [3.8, 4) is 0 Å². The molecular weight excluding hydrogens is 562 g/mol. The predicted octanol–water partition coefficient (Wildman–Crippen LogP) is 5.01. The van der Waals surface area contributed by atoms with Crippen LogP contribution in [0, 0.1) is 5.92 Å². The molecule has 4 rings (SSSR count). The maximum atomic E-state index is 13.8. The molecule has 204 valence electrons. The number of anilines is 1. The molecule has 1 aliphatic rings. The monoisotopic (exact) mass is 593 g/mol. The van der Waals surface area contributed by atoms with Gasteiger partial charge in [0.15, 0.2) is 0 Å². The van der Waals surface area contributed by atoms with E-state index in [0.717, 1.165) is 10.0 Å². The van der Waals surface area contributed by atoms with Crippen LogP contribution in [0.25, 0.3) is 0 Å². The first-order valence-corrected chi connectivity index (χ1v) is 13.7. The zero-order valence-corrected chi connectivity index (χ0v) is 23.2. The van der Waals surface area contributed by atoms with E-state index in [1.165, 1.54) is 0 Å². The lowest BCUT2D eigenvalue weighted by atomic mass is 9.99. The van der Waals surface area contributed by atoms with Crippen LogP contribution in [0.5, 0.6) is 0 Å². The molecule has 1 aliphatic heterocycles. The second-order valence-electron chi connectivity index (χ2n) is 9.66. The van der Waals surface area contributed by atoms with E-state index in [1.807, 2.05) is 66.7 Å². The fourth-order valence-corrected chi connectivity index (χ4v) is 5.12. The van der Waals surface area contributed by atoms with E-state index in [1.54, 1.807) is 26.8 Å². The third-order valence-corrected chi connectivity index (χ3v) is 7.25. The third kappa shape index (κ3) is 7.46. The van der Waals surface area contributed by atoms with Crippen LogP contribution in [0.15, 0.2) is 83.3 Å². The highest BCUT2D eigenvalue weighted by atomic mass is 79.9. The topological polar surface area (TPSA) is 101 Å². The second-order valence-corrected chi connectivity index (χ2v) is 10.6. The van der Waals surface area contributed by atoms with E-state index < -0.39 is 5.97 Å². The van der Waals surface area contributed by atoms with E-state index in [4.69, 9.17) is 0 Å². The summed E-state index contributed by atoms with van der Waals surface area (Å²) in [4.78, 5) is 43.9. The molecule has 3 aromatic rings.